The Morgan fingerprint density at radius 3 is 2.33 bits per heavy atom. The van der Waals surface area contributed by atoms with Gasteiger partial charge in [-0.2, -0.15) is 0 Å². The average molecular weight is 275 g/mol. The van der Waals surface area contributed by atoms with Crippen molar-refractivity contribution in [3.8, 4) is 0 Å². The highest BCUT2D eigenvalue weighted by atomic mass is 16.2. The molecule has 1 fully saturated rings. The number of rotatable bonds is 2. The van der Waals surface area contributed by atoms with Gasteiger partial charge in [0.1, 0.15) is 0 Å². The normalized spacial score (nSPS) is 19.2. The first-order valence-corrected chi connectivity index (χ1v) is 7.46. The number of nitrogens with zero attached hydrogens (tertiary/aromatic N) is 1. The maximum absolute atomic E-state index is 12.8. The number of allylic oxidation sites excluding steroid dienone is 1. The zero-order valence-electron chi connectivity index (χ0n) is 12.0. The van der Waals surface area contributed by atoms with Crippen LogP contribution in [0.2, 0.25) is 0 Å². The van der Waals surface area contributed by atoms with E-state index in [9.17, 15) is 4.79 Å². The zero-order valence-corrected chi connectivity index (χ0v) is 12.0. The Hall–Kier alpha value is -2.35. The molecule has 2 aromatic carbocycles. The summed E-state index contributed by atoms with van der Waals surface area (Å²) in [7, 11) is 0. The topological polar surface area (TPSA) is 20.3 Å². The van der Waals surface area contributed by atoms with Crippen LogP contribution in [-0.2, 0) is 0 Å². The summed E-state index contributed by atoms with van der Waals surface area (Å²) in [6, 6.07) is 16.1. The number of anilines is 1. The van der Waals surface area contributed by atoms with Crippen LogP contribution in [0.1, 0.15) is 34.3 Å². The lowest BCUT2D eigenvalue weighted by molar-refractivity contribution is 0.101. The molecule has 4 rings (SSSR count). The third kappa shape index (κ3) is 2.07. The smallest absolute Gasteiger partial charge is 0.263 e. The summed E-state index contributed by atoms with van der Waals surface area (Å²) < 4.78 is 0. The van der Waals surface area contributed by atoms with Crippen molar-refractivity contribution in [3.63, 3.8) is 0 Å². The van der Waals surface area contributed by atoms with Crippen LogP contribution in [0.4, 0.5) is 5.69 Å². The first-order chi connectivity index (χ1) is 10.2. The number of hydrogen-bond acceptors (Lipinski definition) is 1. The van der Waals surface area contributed by atoms with Crippen molar-refractivity contribution in [2.75, 3.05) is 4.90 Å². The Labute approximate surface area is 124 Å². The van der Waals surface area contributed by atoms with Gasteiger partial charge in [0.2, 0.25) is 0 Å². The van der Waals surface area contributed by atoms with Crippen molar-refractivity contribution in [2.45, 2.75) is 19.8 Å². The number of amides is 1. The van der Waals surface area contributed by atoms with Gasteiger partial charge < -0.3 is 0 Å². The maximum Gasteiger partial charge on any atom is 0.263 e. The molecule has 1 saturated carbocycles. The van der Waals surface area contributed by atoms with Gasteiger partial charge in [0.25, 0.3) is 5.91 Å². The van der Waals surface area contributed by atoms with Gasteiger partial charge in [-0.15, -0.1) is 0 Å². The third-order valence-electron chi connectivity index (χ3n) is 4.19. The Balaban J connectivity index is 1.86. The van der Waals surface area contributed by atoms with E-state index in [-0.39, 0.29) is 5.91 Å². The number of benzene rings is 2. The van der Waals surface area contributed by atoms with Crippen molar-refractivity contribution in [2.24, 2.45) is 5.92 Å². The number of hydrogen-bond donors (Lipinski definition) is 0. The quantitative estimate of drug-likeness (QED) is 0.795. The van der Waals surface area contributed by atoms with Gasteiger partial charge in [0.15, 0.2) is 0 Å². The molecule has 2 heteroatoms. The van der Waals surface area contributed by atoms with Crippen LogP contribution in [0.25, 0.3) is 5.70 Å². The molecule has 0 aromatic heterocycles. The summed E-state index contributed by atoms with van der Waals surface area (Å²) in [4.78, 5) is 14.6. The molecule has 1 heterocycles. The summed E-state index contributed by atoms with van der Waals surface area (Å²) in [5.74, 6) is 0.716. The average Bonchev–Trinajstić information content (AvgIpc) is 3.28. The van der Waals surface area contributed by atoms with E-state index < -0.39 is 0 Å². The Kier molecular flexibility index (Phi) is 2.71. The van der Waals surface area contributed by atoms with Gasteiger partial charge in [-0.05, 0) is 43.9 Å². The second-order valence-electron chi connectivity index (χ2n) is 5.91. The molecule has 2 nitrogen and oxygen atoms in total. The SMILES string of the molecule is Cc1ccc(N2C(=O)c3ccccc3/C2=C/C2CC2)cc1. The number of carbonyl (C=O) groups is 1. The van der Waals surface area contributed by atoms with Crippen LogP contribution < -0.4 is 4.90 Å². The van der Waals surface area contributed by atoms with Gasteiger partial charge in [0, 0.05) is 16.8 Å². The molecule has 0 N–H and O–H groups in total. The number of aryl methyl sites for hydroxylation is 1. The summed E-state index contributed by atoms with van der Waals surface area (Å²) in [5, 5.41) is 0. The monoisotopic (exact) mass is 275 g/mol. The van der Waals surface area contributed by atoms with Crippen LogP contribution >= 0.6 is 0 Å². The first kappa shape index (κ1) is 12.4. The molecule has 2 aliphatic rings. The fraction of sp³-hybridized carbons (Fsp3) is 0.211. The molecule has 2 aromatic rings. The van der Waals surface area contributed by atoms with E-state index in [0.29, 0.717) is 5.92 Å². The van der Waals surface area contributed by atoms with E-state index in [0.717, 1.165) is 22.5 Å². The molecule has 0 unspecified atom stereocenters. The molecule has 0 atom stereocenters. The molecule has 0 bridgehead atoms. The molecule has 21 heavy (non-hydrogen) atoms. The second-order valence-corrected chi connectivity index (χ2v) is 5.91. The fourth-order valence-corrected chi connectivity index (χ4v) is 2.84. The van der Waals surface area contributed by atoms with E-state index in [1.165, 1.54) is 18.4 Å². The Morgan fingerprint density at radius 1 is 1.00 bits per heavy atom. The minimum Gasteiger partial charge on any atom is -0.277 e. The van der Waals surface area contributed by atoms with Crippen LogP contribution in [0.15, 0.2) is 54.6 Å². The lowest BCUT2D eigenvalue weighted by Gasteiger charge is -2.19. The van der Waals surface area contributed by atoms with E-state index >= 15 is 0 Å². The van der Waals surface area contributed by atoms with Gasteiger partial charge >= 0.3 is 0 Å². The summed E-state index contributed by atoms with van der Waals surface area (Å²) >= 11 is 0. The highest BCUT2D eigenvalue weighted by molar-refractivity contribution is 6.22. The molecular formula is C19H17NO. The van der Waals surface area contributed by atoms with E-state index in [4.69, 9.17) is 0 Å². The molecule has 104 valence electrons. The fourth-order valence-electron chi connectivity index (χ4n) is 2.84. The Bertz CT molecular complexity index is 738. The van der Waals surface area contributed by atoms with Crippen LogP contribution in [-0.4, -0.2) is 5.91 Å². The van der Waals surface area contributed by atoms with Gasteiger partial charge in [0.05, 0.1) is 5.70 Å². The van der Waals surface area contributed by atoms with Crippen LogP contribution in [0, 0.1) is 12.8 Å². The molecule has 1 aliphatic heterocycles. The number of carbonyl (C=O) groups excluding carboxylic acids is 1. The molecule has 0 radical (unpaired) electrons. The van der Waals surface area contributed by atoms with Crippen molar-refractivity contribution in [1.82, 2.24) is 0 Å². The molecule has 1 aliphatic carbocycles. The van der Waals surface area contributed by atoms with Gasteiger partial charge in [-0.3, -0.25) is 9.69 Å². The maximum atomic E-state index is 12.8. The lowest BCUT2D eigenvalue weighted by atomic mass is 10.1. The lowest BCUT2D eigenvalue weighted by Crippen LogP contribution is -2.22. The highest BCUT2D eigenvalue weighted by Crippen LogP contribution is 2.41. The second kappa shape index (κ2) is 4.59. The van der Waals surface area contributed by atoms with Crippen molar-refractivity contribution in [3.05, 3.63) is 71.3 Å². The standard InChI is InChI=1S/C19H17NO/c1-13-6-10-15(11-7-13)20-18(12-14-8-9-14)16-4-2-3-5-17(16)19(20)21/h2-7,10-12,14H,8-9H2,1H3/b18-12-. The molecule has 0 saturated heterocycles. The van der Waals surface area contributed by atoms with Gasteiger partial charge in [-0.25, -0.2) is 0 Å². The van der Waals surface area contributed by atoms with Crippen molar-refractivity contribution in [1.29, 1.82) is 0 Å². The molecule has 1 amide bonds. The number of fused-ring (bicyclic) bond motifs is 1. The largest absolute Gasteiger partial charge is 0.277 e. The van der Waals surface area contributed by atoms with Crippen molar-refractivity contribution >= 4 is 17.3 Å². The summed E-state index contributed by atoms with van der Waals surface area (Å²) in [5.41, 5.74) is 5.09. The zero-order chi connectivity index (χ0) is 14.4. The predicted molar refractivity (Wildman–Crippen MR) is 85.1 cm³/mol. The highest BCUT2D eigenvalue weighted by Gasteiger charge is 2.34. The van der Waals surface area contributed by atoms with Crippen molar-refractivity contribution < 1.29 is 4.79 Å². The summed E-state index contributed by atoms with van der Waals surface area (Å²) in [6.07, 6.45) is 4.74. The summed E-state index contributed by atoms with van der Waals surface area (Å²) in [6.45, 7) is 2.06. The first-order valence-electron chi connectivity index (χ1n) is 7.46. The minimum absolute atomic E-state index is 0.0846. The third-order valence-corrected chi connectivity index (χ3v) is 4.19. The van der Waals surface area contributed by atoms with E-state index in [1.54, 1.807) is 0 Å². The van der Waals surface area contributed by atoms with Crippen LogP contribution in [0.3, 0.4) is 0 Å². The van der Waals surface area contributed by atoms with Crippen LogP contribution in [0.5, 0.6) is 0 Å². The van der Waals surface area contributed by atoms with E-state index in [1.807, 2.05) is 35.2 Å². The van der Waals surface area contributed by atoms with Gasteiger partial charge in [-0.1, -0.05) is 42.0 Å². The van der Waals surface area contributed by atoms with E-state index in [2.05, 4.69) is 31.2 Å². The molecular weight excluding hydrogens is 258 g/mol. The minimum atomic E-state index is 0.0846. The Morgan fingerprint density at radius 2 is 1.67 bits per heavy atom. The predicted octanol–water partition coefficient (Wildman–Crippen LogP) is 4.41. The molecule has 0 spiro atoms.